The number of rotatable bonds is 5. The molecule has 0 aliphatic heterocycles. The second-order valence-electron chi connectivity index (χ2n) is 4.74. The summed E-state index contributed by atoms with van der Waals surface area (Å²) in [5.74, 6) is 0.186. The molecule has 96 valence electrons. The summed E-state index contributed by atoms with van der Waals surface area (Å²) in [6.07, 6.45) is 8.13. The van der Waals surface area contributed by atoms with Crippen molar-refractivity contribution in [3.05, 3.63) is 42.2 Å². The Labute approximate surface area is 107 Å². The number of hydrogen-bond donors (Lipinski definition) is 0. The van der Waals surface area contributed by atoms with Gasteiger partial charge in [0.2, 0.25) is 0 Å². The van der Waals surface area contributed by atoms with E-state index in [2.05, 4.69) is 23.4 Å². The Balaban J connectivity index is 2.16. The maximum absolute atomic E-state index is 11.6. The van der Waals surface area contributed by atoms with E-state index >= 15 is 0 Å². The third-order valence-electron chi connectivity index (χ3n) is 3.04. The first-order valence-electron chi connectivity index (χ1n) is 6.31. The summed E-state index contributed by atoms with van der Waals surface area (Å²) in [4.78, 5) is 15.8. The highest BCUT2D eigenvalue weighted by Crippen LogP contribution is 2.12. The summed E-state index contributed by atoms with van der Waals surface area (Å²) in [6, 6.07) is 2.27. The summed E-state index contributed by atoms with van der Waals surface area (Å²) < 4.78 is 4.17. The number of nitrogens with zero attached hydrogens (tertiary/aromatic N) is 3. The van der Waals surface area contributed by atoms with Crippen LogP contribution < -0.4 is 0 Å². The summed E-state index contributed by atoms with van der Waals surface area (Å²) in [6.45, 7) is 6.89. The molecule has 0 saturated carbocycles. The van der Waals surface area contributed by atoms with Crippen LogP contribution in [0.3, 0.4) is 0 Å². The van der Waals surface area contributed by atoms with Crippen molar-refractivity contribution in [3.63, 3.8) is 0 Å². The number of imidazole rings is 1. The van der Waals surface area contributed by atoms with Crippen molar-refractivity contribution < 1.29 is 4.79 Å². The van der Waals surface area contributed by atoms with E-state index in [0.717, 1.165) is 17.8 Å². The summed E-state index contributed by atoms with van der Waals surface area (Å²) in [5.41, 5.74) is 1.93. The van der Waals surface area contributed by atoms with Crippen LogP contribution in [0.25, 0.3) is 0 Å². The molecular formula is C14H19N3O. The second-order valence-corrected chi connectivity index (χ2v) is 4.74. The van der Waals surface area contributed by atoms with Crippen LogP contribution in [0, 0.1) is 0 Å². The van der Waals surface area contributed by atoms with Crippen LogP contribution in [0.1, 0.15) is 49.3 Å². The van der Waals surface area contributed by atoms with Crippen LogP contribution in [-0.2, 0) is 6.54 Å². The molecule has 2 heterocycles. The normalized spacial score (nSPS) is 11.1. The van der Waals surface area contributed by atoms with Gasteiger partial charge < -0.3 is 9.13 Å². The lowest BCUT2D eigenvalue weighted by Gasteiger charge is -2.12. The molecular weight excluding hydrogens is 226 g/mol. The lowest BCUT2D eigenvalue weighted by Crippen LogP contribution is -2.07. The van der Waals surface area contributed by atoms with E-state index in [0.29, 0.717) is 12.5 Å². The topological polar surface area (TPSA) is 39.8 Å². The Kier molecular flexibility index (Phi) is 3.65. The van der Waals surface area contributed by atoms with Gasteiger partial charge in [-0.3, -0.25) is 4.79 Å². The summed E-state index contributed by atoms with van der Waals surface area (Å²) in [5, 5.41) is 0. The van der Waals surface area contributed by atoms with Gasteiger partial charge in [-0.1, -0.05) is 6.92 Å². The van der Waals surface area contributed by atoms with Crippen LogP contribution in [0.2, 0.25) is 0 Å². The molecule has 0 amide bonds. The zero-order chi connectivity index (χ0) is 13.1. The highest BCUT2D eigenvalue weighted by molar-refractivity contribution is 5.95. The minimum atomic E-state index is 0.186. The molecule has 4 nitrogen and oxygen atoms in total. The number of ketones is 1. The fourth-order valence-electron chi connectivity index (χ4n) is 2.01. The third-order valence-corrected chi connectivity index (χ3v) is 3.04. The van der Waals surface area contributed by atoms with Gasteiger partial charge in [-0.2, -0.15) is 0 Å². The van der Waals surface area contributed by atoms with E-state index in [1.165, 1.54) is 0 Å². The van der Waals surface area contributed by atoms with Crippen molar-refractivity contribution in [2.75, 3.05) is 0 Å². The van der Waals surface area contributed by atoms with Gasteiger partial charge in [0.1, 0.15) is 0 Å². The van der Waals surface area contributed by atoms with E-state index in [1.807, 2.05) is 42.5 Å². The number of carbonyl (C=O) groups excluding carboxylic acids is 1. The van der Waals surface area contributed by atoms with E-state index in [1.54, 1.807) is 0 Å². The van der Waals surface area contributed by atoms with Crippen LogP contribution >= 0.6 is 0 Å². The second kappa shape index (κ2) is 5.21. The van der Waals surface area contributed by atoms with E-state index in [4.69, 9.17) is 0 Å². The Hall–Kier alpha value is -1.84. The Morgan fingerprint density at radius 1 is 1.44 bits per heavy atom. The standard InChI is InChI=1S/C14H19N3O/c1-4-14(18)12-5-6-16(8-12)9-13-7-15-10-17(13)11(2)3/h5-8,10-11H,4,9H2,1-3H3. The molecule has 0 fully saturated rings. The summed E-state index contributed by atoms with van der Waals surface area (Å²) >= 11 is 0. The molecule has 0 saturated heterocycles. The average Bonchev–Trinajstić information content (AvgIpc) is 2.97. The lowest BCUT2D eigenvalue weighted by molar-refractivity contribution is 0.0988. The molecule has 0 atom stereocenters. The maximum Gasteiger partial charge on any atom is 0.164 e. The molecule has 18 heavy (non-hydrogen) atoms. The molecule has 0 aliphatic carbocycles. The first-order chi connectivity index (χ1) is 8.61. The maximum atomic E-state index is 11.6. The van der Waals surface area contributed by atoms with Crippen molar-refractivity contribution in [1.29, 1.82) is 0 Å². The monoisotopic (exact) mass is 245 g/mol. The molecule has 0 spiro atoms. The van der Waals surface area contributed by atoms with E-state index in [-0.39, 0.29) is 5.78 Å². The SMILES string of the molecule is CCC(=O)c1ccn(Cc2cncn2C(C)C)c1. The van der Waals surface area contributed by atoms with Gasteiger partial charge in [0.15, 0.2) is 5.78 Å². The van der Waals surface area contributed by atoms with Gasteiger partial charge in [-0.15, -0.1) is 0 Å². The molecule has 0 unspecified atom stereocenters. The quantitative estimate of drug-likeness (QED) is 0.760. The Bertz CT molecular complexity index is 537. The lowest BCUT2D eigenvalue weighted by atomic mass is 10.2. The van der Waals surface area contributed by atoms with Crippen molar-refractivity contribution in [3.8, 4) is 0 Å². The van der Waals surface area contributed by atoms with Crippen molar-refractivity contribution in [2.24, 2.45) is 0 Å². The van der Waals surface area contributed by atoms with Gasteiger partial charge in [0.25, 0.3) is 0 Å². The van der Waals surface area contributed by atoms with Gasteiger partial charge in [-0.05, 0) is 19.9 Å². The average molecular weight is 245 g/mol. The zero-order valence-corrected chi connectivity index (χ0v) is 11.1. The number of carbonyl (C=O) groups is 1. The minimum absolute atomic E-state index is 0.186. The first-order valence-corrected chi connectivity index (χ1v) is 6.31. The largest absolute Gasteiger partial charge is 0.348 e. The highest BCUT2D eigenvalue weighted by atomic mass is 16.1. The number of aromatic nitrogens is 3. The summed E-state index contributed by atoms with van der Waals surface area (Å²) in [7, 11) is 0. The van der Waals surface area contributed by atoms with Crippen LogP contribution in [0.4, 0.5) is 0 Å². The highest BCUT2D eigenvalue weighted by Gasteiger charge is 2.08. The molecule has 2 aromatic heterocycles. The number of Topliss-reactive ketones (excluding diaryl/α,β-unsaturated/α-hetero) is 1. The molecule has 0 aliphatic rings. The molecule has 2 rings (SSSR count). The molecule has 0 aromatic carbocycles. The van der Waals surface area contributed by atoms with Crippen molar-refractivity contribution >= 4 is 5.78 Å². The molecule has 0 N–H and O–H groups in total. The minimum Gasteiger partial charge on any atom is -0.348 e. The van der Waals surface area contributed by atoms with Gasteiger partial charge in [0, 0.05) is 36.6 Å². The molecule has 4 heteroatoms. The fourth-order valence-corrected chi connectivity index (χ4v) is 2.01. The van der Waals surface area contributed by atoms with Crippen molar-refractivity contribution in [1.82, 2.24) is 14.1 Å². The number of hydrogen-bond acceptors (Lipinski definition) is 2. The van der Waals surface area contributed by atoms with Gasteiger partial charge in [0.05, 0.1) is 18.6 Å². The predicted molar refractivity (Wildman–Crippen MR) is 70.8 cm³/mol. The first kappa shape index (κ1) is 12.6. The van der Waals surface area contributed by atoms with Crippen molar-refractivity contribution in [2.45, 2.75) is 39.8 Å². The fraction of sp³-hybridized carbons (Fsp3) is 0.429. The molecule has 0 radical (unpaired) electrons. The Morgan fingerprint density at radius 3 is 2.89 bits per heavy atom. The van der Waals surface area contributed by atoms with Crippen LogP contribution in [0.5, 0.6) is 0 Å². The smallest absolute Gasteiger partial charge is 0.164 e. The predicted octanol–water partition coefficient (Wildman–Crippen LogP) is 2.91. The van der Waals surface area contributed by atoms with Crippen LogP contribution in [-0.4, -0.2) is 19.9 Å². The van der Waals surface area contributed by atoms with Gasteiger partial charge >= 0.3 is 0 Å². The van der Waals surface area contributed by atoms with Crippen LogP contribution in [0.15, 0.2) is 31.0 Å². The van der Waals surface area contributed by atoms with E-state index < -0.39 is 0 Å². The van der Waals surface area contributed by atoms with E-state index in [9.17, 15) is 4.79 Å². The Morgan fingerprint density at radius 2 is 2.22 bits per heavy atom. The third kappa shape index (κ3) is 2.53. The van der Waals surface area contributed by atoms with Gasteiger partial charge in [-0.25, -0.2) is 4.98 Å². The molecule has 2 aromatic rings. The molecule has 0 bridgehead atoms. The zero-order valence-electron chi connectivity index (χ0n) is 11.1.